The number of hydrogen-bond donors (Lipinski definition) is 2. The van der Waals surface area contributed by atoms with Crippen molar-refractivity contribution >= 4 is 11.8 Å². The topological polar surface area (TPSA) is 53.1 Å². The average molecular weight is 305 g/mol. The second-order valence-electron chi connectivity index (χ2n) is 5.55. The lowest BCUT2D eigenvalue weighted by Crippen LogP contribution is -2.44. The van der Waals surface area contributed by atoms with Crippen molar-refractivity contribution in [3.05, 3.63) is 11.8 Å². The Kier molecular flexibility index (Phi) is 5.38. The summed E-state index contributed by atoms with van der Waals surface area (Å²) in [6.07, 6.45) is -4.50. The maximum absolute atomic E-state index is 12.8. The van der Waals surface area contributed by atoms with Gasteiger partial charge in [-0.1, -0.05) is 0 Å². The number of nitrogens with zero attached hydrogens (tertiary/aromatic N) is 3. The number of nitrogens with one attached hydrogen (secondary N) is 2. The fraction of sp³-hybridized carbons (Fsp3) is 0.692. The van der Waals surface area contributed by atoms with Crippen molar-refractivity contribution in [1.82, 2.24) is 14.9 Å². The van der Waals surface area contributed by atoms with Gasteiger partial charge in [0.25, 0.3) is 0 Å². The molecule has 1 aromatic rings. The van der Waals surface area contributed by atoms with E-state index in [1.807, 2.05) is 32.8 Å². The summed E-state index contributed by atoms with van der Waals surface area (Å²) in [5.41, 5.74) is -1.18. The Morgan fingerprint density at radius 1 is 1.14 bits per heavy atom. The summed E-state index contributed by atoms with van der Waals surface area (Å²) in [6.45, 7) is 6.64. The summed E-state index contributed by atoms with van der Waals surface area (Å²) in [5, 5.41) is 5.65. The zero-order valence-corrected chi connectivity index (χ0v) is 13.0. The quantitative estimate of drug-likeness (QED) is 0.846. The number of likely N-dealkylation sites (N-methyl/N-ethyl adjacent to an activating group) is 1. The molecule has 1 rings (SSSR count). The highest BCUT2D eigenvalue weighted by atomic mass is 19.4. The number of aromatic nitrogens is 2. The first-order chi connectivity index (χ1) is 9.56. The van der Waals surface area contributed by atoms with Gasteiger partial charge in [0.2, 0.25) is 5.95 Å². The number of anilines is 2. The predicted molar refractivity (Wildman–Crippen MR) is 77.5 cm³/mol. The summed E-state index contributed by atoms with van der Waals surface area (Å²) in [6, 6.07) is 0.923. The van der Waals surface area contributed by atoms with Crippen LogP contribution in [0.3, 0.4) is 0 Å². The molecule has 0 amide bonds. The minimum Gasteiger partial charge on any atom is -0.368 e. The molecule has 120 valence electrons. The zero-order valence-electron chi connectivity index (χ0n) is 13.0. The first-order valence-electron chi connectivity index (χ1n) is 6.67. The molecule has 8 heteroatoms. The van der Waals surface area contributed by atoms with Crippen LogP contribution < -0.4 is 10.6 Å². The van der Waals surface area contributed by atoms with Crippen LogP contribution >= 0.6 is 0 Å². The van der Waals surface area contributed by atoms with Crippen LogP contribution in [-0.2, 0) is 6.18 Å². The number of alkyl halides is 3. The smallest absolute Gasteiger partial charge is 0.368 e. The normalized spacial score (nSPS) is 12.6. The third-order valence-electron chi connectivity index (χ3n) is 3.26. The van der Waals surface area contributed by atoms with E-state index in [0.29, 0.717) is 13.1 Å². The Labute approximate surface area is 123 Å². The molecule has 0 aliphatic rings. The monoisotopic (exact) mass is 305 g/mol. The van der Waals surface area contributed by atoms with Gasteiger partial charge < -0.3 is 15.5 Å². The summed E-state index contributed by atoms with van der Waals surface area (Å²) in [7, 11) is 3.82. The van der Waals surface area contributed by atoms with Crippen LogP contribution in [0, 0.1) is 0 Å². The van der Waals surface area contributed by atoms with Gasteiger partial charge in [-0.15, -0.1) is 0 Å². The van der Waals surface area contributed by atoms with Crippen molar-refractivity contribution in [2.45, 2.75) is 32.5 Å². The number of rotatable bonds is 6. The lowest BCUT2D eigenvalue weighted by atomic mass is 10.0. The van der Waals surface area contributed by atoms with Crippen LogP contribution in [-0.4, -0.2) is 47.6 Å². The number of halogens is 3. The SMILES string of the molecule is CCNc1nc(NCC(C)(C)N(C)C)cc(C(F)(F)F)n1. The molecule has 1 heterocycles. The van der Waals surface area contributed by atoms with Crippen LogP contribution in [0.2, 0.25) is 0 Å². The standard InChI is InChI=1S/C13H22F3N5/c1-6-17-11-19-9(13(14,15)16)7-10(20-11)18-8-12(2,3)21(4)5/h7H,6,8H2,1-5H3,(H2,17,18,19,20). The predicted octanol–water partition coefficient (Wildman–Crippen LogP) is 2.68. The first kappa shape index (κ1) is 17.5. The summed E-state index contributed by atoms with van der Waals surface area (Å²) in [4.78, 5) is 9.51. The Hall–Kier alpha value is -1.57. The van der Waals surface area contributed by atoms with Crippen molar-refractivity contribution in [2.75, 3.05) is 37.8 Å². The van der Waals surface area contributed by atoms with Gasteiger partial charge in [-0.2, -0.15) is 18.2 Å². The molecule has 2 N–H and O–H groups in total. The molecule has 0 aromatic carbocycles. The Bertz CT molecular complexity index is 471. The van der Waals surface area contributed by atoms with Crippen molar-refractivity contribution < 1.29 is 13.2 Å². The molecule has 21 heavy (non-hydrogen) atoms. The zero-order chi connectivity index (χ0) is 16.3. The largest absolute Gasteiger partial charge is 0.433 e. The van der Waals surface area contributed by atoms with Gasteiger partial charge in [0.05, 0.1) is 0 Å². The Balaban J connectivity index is 2.98. The molecule has 1 aromatic heterocycles. The third-order valence-corrected chi connectivity index (χ3v) is 3.26. The van der Waals surface area contributed by atoms with E-state index in [4.69, 9.17) is 0 Å². The van der Waals surface area contributed by atoms with E-state index in [-0.39, 0.29) is 17.3 Å². The van der Waals surface area contributed by atoms with Gasteiger partial charge in [-0.05, 0) is 34.9 Å². The molecular weight excluding hydrogens is 283 g/mol. The second-order valence-corrected chi connectivity index (χ2v) is 5.55. The lowest BCUT2D eigenvalue weighted by molar-refractivity contribution is -0.141. The molecule has 0 radical (unpaired) electrons. The summed E-state index contributed by atoms with van der Waals surface area (Å²) >= 11 is 0. The number of hydrogen-bond acceptors (Lipinski definition) is 5. The highest BCUT2D eigenvalue weighted by Crippen LogP contribution is 2.29. The van der Waals surface area contributed by atoms with Crippen LogP contribution in [0.5, 0.6) is 0 Å². The van der Waals surface area contributed by atoms with E-state index in [2.05, 4.69) is 20.6 Å². The van der Waals surface area contributed by atoms with E-state index in [9.17, 15) is 13.2 Å². The summed E-state index contributed by atoms with van der Waals surface area (Å²) in [5.74, 6) is 0.126. The molecule has 0 fully saturated rings. The Morgan fingerprint density at radius 2 is 1.76 bits per heavy atom. The fourth-order valence-electron chi connectivity index (χ4n) is 1.39. The lowest BCUT2D eigenvalue weighted by Gasteiger charge is -2.32. The molecule has 0 spiro atoms. The highest BCUT2D eigenvalue weighted by molar-refractivity contribution is 5.43. The molecule has 0 saturated heterocycles. The van der Waals surface area contributed by atoms with E-state index in [0.717, 1.165) is 6.07 Å². The van der Waals surface area contributed by atoms with Crippen molar-refractivity contribution in [3.8, 4) is 0 Å². The maximum atomic E-state index is 12.8. The third kappa shape index (κ3) is 5.04. The van der Waals surface area contributed by atoms with E-state index in [1.165, 1.54) is 0 Å². The van der Waals surface area contributed by atoms with Gasteiger partial charge >= 0.3 is 6.18 Å². The van der Waals surface area contributed by atoms with E-state index < -0.39 is 11.9 Å². The highest BCUT2D eigenvalue weighted by Gasteiger charge is 2.34. The van der Waals surface area contributed by atoms with Crippen LogP contribution in [0.4, 0.5) is 24.9 Å². The van der Waals surface area contributed by atoms with Gasteiger partial charge in [0.15, 0.2) is 5.69 Å². The van der Waals surface area contributed by atoms with Crippen molar-refractivity contribution in [1.29, 1.82) is 0 Å². The minimum absolute atomic E-state index is 0.0301. The summed E-state index contributed by atoms with van der Waals surface area (Å²) < 4.78 is 38.5. The molecule has 0 saturated carbocycles. The van der Waals surface area contributed by atoms with E-state index >= 15 is 0 Å². The minimum atomic E-state index is -4.50. The van der Waals surface area contributed by atoms with E-state index in [1.54, 1.807) is 6.92 Å². The van der Waals surface area contributed by atoms with Crippen molar-refractivity contribution in [2.24, 2.45) is 0 Å². The molecule has 0 bridgehead atoms. The molecule has 5 nitrogen and oxygen atoms in total. The van der Waals surface area contributed by atoms with Gasteiger partial charge in [-0.3, -0.25) is 0 Å². The maximum Gasteiger partial charge on any atom is 0.433 e. The molecule has 0 aliphatic heterocycles. The molecular formula is C13H22F3N5. The van der Waals surface area contributed by atoms with Crippen LogP contribution in [0.25, 0.3) is 0 Å². The van der Waals surface area contributed by atoms with Crippen molar-refractivity contribution in [3.63, 3.8) is 0 Å². The molecule has 0 atom stereocenters. The average Bonchev–Trinajstić information content (AvgIpc) is 2.35. The van der Waals surface area contributed by atoms with Gasteiger partial charge in [-0.25, -0.2) is 4.98 Å². The second kappa shape index (κ2) is 6.46. The van der Waals surface area contributed by atoms with Gasteiger partial charge in [0.1, 0.15) is 5.82 Å². The van der Waals surface area contributed by atoms with Crippen LogP contribution in [0.15, 0.2) is 6.07 Å². The molecule has 0 aliphatic carbocycles. The molecule has 0 unspecified atom stereocenters. The first-order valence-corrected chi connectivity index (χ1v) is 6.67. The van der Waals surface area contributed by atoms with Crippen LogP contribution in [0.1, 0.15) is 26.5 Å². The van der Waals surface area contributed by atoms with Gasteiger partial charge in [0, 0.05) is 24.7 Å². The Morgan fingerprint density at radius 3 is 2.24 bits per heavy atom. The fourth-order valence-corrected chi connectivity index (χ4v) is 1.39.